The number of halogens is 2. The molecule has 0 spiro atoms. The van der Waals surface area contributed by atoms with E-state index < -0.39 is 0 Å². The largest absolute Gasteiger partial charge is 0.337 e. The van der Waals surface area contributed by atoms with Crippen LogP contribution in [0, 0.1) is 0 Å². The molecule has 0 bridgehead atoms. The Kier molecular flexibility index (Phi) is 3.97. The maximum Gasteiger partial charge on any atom is 0.248 e. The van der Waals surface area contributed by atoms with Crippen LogP contribution in [0.2, 0.25) is 10.0 Å². The summed E-state index contributed by atoms with van der Waals surface area (Å²) in [5.41, 5.74) is 0.605. The number of nitrogens with zero attached hydrogens (tertiary/aromatic N) is 6. The summed E-state index contributed by atoms with van der Waals surface area (Å²) in [7, 11) is 0. The number of hydrogen-bond acceptors (Lipinski definition) is 6. The van der Waals surface area contributed by atoms with Gasteiger partial charge in [0.2, 0.25) is 5.89 Å². The van der Waals surface area contributed by atoms with Gasteiger partial charge in [0, 0.05) is 10.0 Å². The van der Waals surface area contributed by atoms with Gasteiger partial charge in [-0.3, -0.25) is 0 Å². The molecule has 0 unspecified atom stereocenters. The Bertz CT molecular complexity index is 842. The maximum atomic E-state index is 6.46. The van der Waals surface area contributed by atoms with E-state index in [0.29, 0.717) is 28.3 Å². The molecule has 0 atom stereocenters. The monoisotopic (exact) mass is 364 g/mol. The first-order valence-corrected chi connectivity index (χ1v) is 8.42. The molecule has 0 radical (unpaired) electrons. The summed E-state index contributed by atoms with van der Waals surface area (Å²) in [4.78, 5) is 4.59. The third-order valence-corrected chi connectivity index (χ3v) is 5.05. The summed E-state index contributed by atoms with van der Waals surface area (Å²) in [5, 5.41) is 16.6. The molecule has 3 aromatic rings. The Labute approximate surface area is 148 Å². The van der Waals surface area contributed by atoms with Gasteiger partial charge in [0.25, 0.3) is 0 Å². The molecule has 124 valence electrons. The normalized spacial score (nSPS) is 16.6. The third-order valence-electron chi connectivity index (χ3n) is 4.49. The second-order valence-corrected chi connectivity index (χ2v) is 6.78. The van der Waals surface area contributed by atoms with Gasteiger partial charge >= 0.3 is 0 Å². The summed E-state index contributed by atoms with van der Waals surface area (Å²) < 4.78 is 6.95. The van der Waals surface area contributed by atoms with Crippen LogP contribution in [0.3, 0.4) is 0 Å². The Hall–Kier alpha value is -1.99. The molecule has 4 rings (SSSR count). The zero-order valence-electron chi connectivity index (χ0n) is 12.7. The second kappa shape index (κ2) is 6.14. The van der Waals surface area contributed by atoms with Crippen molar-refractivity contribution in [3.63, 3.8) is 0 Å². The van der Waals surface area contributed by atoms with Gasteiger partial charge < -0.3 is 4.52 Å². The van der Waals surface area contributed by atoms with E-state index in [1.807, 2.05) is 12.1 Å². The average molecular weight is 365 g/mol. The van der Waals surface area contributed by atoms with Crippen molar-refractivity contribution >= 4 is 23.2 Å². The summed E-state index contributed by atoms with van der Waals surface area (Å²) in [6, 6.07) is 5.52. The van der Waals surface area contributed by atoms with Crippen LogP contribution in [-0.4, -0.2) is 30.3 Å². The Morgan fingerprint density at radius 1 is 1.21 bits per heavy atom. The molecule has 0 amide bonds. The lowest BCUT2D eigenvalue weighted by Crippen LogP contribution is -2.26. The first kappa shape index (κ1) is 15.5. The molecule has 9 heteroatoms. The second-order valence-electron chi connectivity index (χ2n) is 5.93. The number of aromatic nitrogens is 6. The van der Waals surface area contributed by atoms with Gasteiger partial charge in [-0.25, -0.2) is 4.68 Å². The van der Waals surface area contributed by atoms with Crippen molar-refractivity contribution in [3.8, 4) is 0 Å². The first-order chi connectivity index (χ1) is 11.7. The fourth-order valence-corrected chi connectivity index (χ4v) is 3.83. The van der Waals surface area contributed by atoms with Gasteiger partial charge in [-0.1, -0.05) is 41.2 Å². The highest BCUT2D eigenvalue weighted by Crippen LogP contribution is 2.48. The van der Waals surface area contributed by atoms with Gasteiger partial charge in [-0.2, -0.15) is 4.98 Å². The maximum absolute atomic E-state index is 6.46. The summed E-state index contributed by atoms with van der Waals surface area (Å²) in [6.45, 7) is 0.333. The zero-order valence-corrected chi connectivity index (χ0v) is 14.2. The van der Waals surface area contributed by atoms with Gasteiger partial charge in [0.05, 0.1) is 5.41 Å². The van der Waals surface area contributed by atoms with Crippen LogP contribution in [0.4, 0.5) is 0 Å². The van der Waals surface area contributed by atoms with Gasteiger partial charge in [-0.15, -0.1) is 5.10 Å². The molecule has 1 fully saturated rings. The van der Waals surface area contributed by atoms with Crippen LogP contribution in [0.15, 0.2) is 29.0 Å². The molecular weight excluding hydrogens is 351 g/mol. The van der Waals surface area contributed by atoms with Crippen molar-refractivity contribution in [2.45, 2.75) is 37.6 Å². The summed E-state index contributed by atoms with van der Waals surface area (Å²) in [6.07, 6.45) is 5.50. The highest BCUT2D eigenvalue weighted by Gasteiger charge is 2.43. The molecule has 2 heterocycles. The minimum atomic E-state index is -0.357. The predicted octanol–water partition coefficient (Wildman–Crippen LogP) is 3.27. The number of hydrogen-bond donors (Lipinski definition) is 0. The van der Waals surface area contributed by atoms with Gasteiger partial charge in [-0.05, 0) is 47.0 Å². The molecule has 1 saturated carbocycles. The van der Waals surface area contributed by atoms with E-state index in [-0.39, 0.29) is 5.41 Å². The zero-order chi connectivity index (χ0) is 16.6. The lowest BCUT2D eigenvalue weighted by atomic mass is 9.78. The van der Waals surface area contributed by atoms with Gasteiger partial charge in [0.1, 0.15) is 12.9 Å². The van der Waals surface area contributed by atoms with Gasteiger partial charge in [0.15, 0.2) is 5.82 Å². The van der Waals surface area contributed by atoms with Crippen molar-refractivity contribution < 1.29 is 4.52 Å². The highest BCUT2D eigenvalue weighted by molar-refractivity contribution is 6.33. The molecule has 0 aliphatic heterocycles. The smallest absolute Gasteiger partial charge is 0.248 e. The predicted molar refractivity (Wildman–Crippen MR) is 86.9 cm³/mol. The average Bonchev–Trinajstić information content (AvgIpc) is 3.31. The molecule has 1 aliphatic rings. The van der Waals surface area contributed by atoms with Crippen molar-refractivity contribution in [1.82, 2.24) is 30.3 Å². The fourth-order valence-electron chi connectivity index (χ4n) is 3.36. The Morgan fingerprint density at radius 3 is 2.79 bits per heavy atom. The van der Waals surface area contributed by atoms with E-state index in [4.69, 9.17) is 27.7 Å². The minimum absolute atomic E-state index is 0.333. The quantitative estimate of drug-likeness (QED) is 0.706. The summed E-state index contributed by atoms with van der Waals surface area (Å²) >= 11 is 12.7. The van der Waals surface area contributed by atoms with E-state index in [1.165, 1.54) is 11.0 Å². The molecular formula is C15H14Cl2N6O. The lowest BCUT2D eigenvalue weighted by molar-refractivity contribution is 0.349. The van der Waals surface area contributed by atoms with Crippen LogP contribution in [0.25, 0.3) is 0 Å². The van der Waals surface area contributed by atoms with E-state index in [9.17, 15) is 0 Å². The topological polar surface area (TPSA) is 82.5 Å². The minimum Gasteiger partial charge on any atom is -0.337 e. The molecule has 2 aromatic heterocycles. The molecule has 0 saturated heterocycles. The standard InChI is InChI=1S/C15H14Cl2N6O/c16-10-3-4-12(17)11(7-10)15(5-1-2-6-15)14-19-13(24-20-14)8-23-9-18-21-22-23/h3-4,7,9H,1-2,5-6,8H2. The molecule has 1 aromatic carbocycles. The number of rotatable bonds is 4. The molecule has 0 N–H and O–H groups in total. The van der Waals surface area contributed by atoms with Crippen LogP contribution in [0.1, 0.15) is 43.0 Å². The van der Waals surface area contributed by atoms with Crippen molar-refractivity contribution in [2.24, 2.45) is 0 Å². The molecule has 1 aliphatic carbocycles. The van der Waals surface area contributed by atoms with E-state index in [0.717, 1.165) is 31.2 Å². The third kappa shape index (κ3) is 2.67. The SMILES string of the molecule is Clc1ccc(Cl)c(C2(c3noc(Cn4cnnn4)n3)CCCC2)c1. The Balaban J connectivity index is 1.73. The van der Waals surface area contributed by atoms with Crippen LogP contribution < -0.4 is 0 Å². The van der Waals surface area contributed by atoms with Crippen molar-refractivity contribution in [3.05, 3.63) is 51.9 Å². The van der Waals surface area contributed by atoms with Crippen LogP contribution in [0.5, 0.6) is 0 Å². The van der Waals surface area contributed by atoms with Crippen molar-refractivity contribution in [2.75, 3.05) is 0 Å². The Morgan fingerprint density at radius 2 is 2.04 bits per heavy atom. The van der Waals surface area contributed by atoms with E-state index in [1.54, 1.807) is 6.07 Å². The fraction of sp³-hybridized carbons (Fsp3) is 0.400. The van der Waals surface area contributed by atoms with Crippen LogP contribution >= 0.6 is 23.2 Å². The van der Waals surface area contributed by atoms with E-state index in [2.05, 4.69) is 25.7 Å². The molecule has 7 nitrogen and oxygen atoms in total. The summed E-state index contributed by atoms with van der Waals surface area (Å²) in [5.74, 6) is 1.11. The number of tetrazole rings is 1. The van der Waals surface area contributed by atoms with E-state index >= 15 is 0 Å². The molecule has 24 heavy (non-hydrogen) atoms. The number of benzene rings is 1. The lowest BCUT2D eigenvalue weighted by Gasteiger charge is -2.27. The first-order valence-electron chi connectivity index (χ1n) is 7.67. The highest BCUT2D eigenvalue weighted by atomic mass is 35.5. The van der Waals surface area contributed by atoms with Crippen molar-refractivity contribution in [1.29, 1.82) is 0 Å². The van der Waals surface area contributed by atoms with Crippen LogP contribution in [-0.2, 0) is 12.0 Å².